The Morgan fingerprint density at radius 1 is 1.10 bits per heavy atom. The minimum absolute atomic E-state index is 0.166. The number of aryl methyl sites for hydroxylation is 1. The number of rotatable bonds is 4. The third-order valence-electron chi connectivity index (χ3n) is 5.29. The zero-order valence-corrected chi connectivity index (χ0v) is 16.8. The minimum Gasteiger partial charge on any atom is -0.480 e. The van der Waals surface area contributed by atoms with Crippen LogP contribution in [0.4, 0.5) is 10.5 Å². The largest absolute Gasteiger partial charge is 0.480 e. The lowest BCUT2D eigenvalue weighted by atomic mass is 10.0. The number of para-hydroxylation sites is 1. The molecular weight excluding hydrogens is 398 g/mol. The lowest BCUT2D eigenvalue weighted by Crippen LogP contribution is -2.54. The minimum atomic E-state index is -0.950. The average molecular weight is 417 g/mol. The van der Waals surface area contributed by atoms with Crippen molar-refractivity contribution in [2.45, 2.75) is 19.9 Å². The number of carboxylic acids is 1. The maximum atomic E-state index is 13.0. The molecule has 31 heavy (non-hydrogen) atoms. The van der Waals surface area contributed by atoms with Gasteiger partial charge in [0.2, 0.25) is 0 Å². The van der Waals surface area contributed by atoms with Gasteiger partial charge in [-0.25, -0.2) is 14.5 Å². The van der Waals surface area contributed by atoms with E-state index in [1.165, 1.54) is 6.08 Å². The summed E-state index contributed by atoms with van der Waals surface area (Å²) in [5.41, 5.74) is 2.24. The fourth-order valence-electron chi connectivity index (χ4n) is 3.59. The molecule has 2 N–H and O–H groups in total. The number of hydrogen-bond acceptors (Lipinski definition) is 4. The topological polar surface area (TPSA) is 109 Å². The molecule has 0 saturated carbocycles. The molecule has 2 aromatic carbocycles. The van der Waals surface area contributed by atoms with Gasteiger partial charge < -0.3 is 9.67 Å². The molecule has 2 heterocycles. The quantitative estimate of drug-likeness (QED) is 0.500. The zero-order chi connectivity index (χ0) is 22.3. The molecule has 1 saturated heterocycles. The highest BCUT2D eigenvalue weighted by Crippen LogP contribution is 2.26. The van der Waals surface area contributed by atoms with Crippen LogP contribution >= 0.6 is 0 Å². The van der Waals surface area contributed by atoms with Gasteiger partial charge in [0.15, 0.2) is 0 Å². The van der Waals surface area contributed by atoms with E-state index in [9.17, 15) is 24.3 Å². The second kappa shape index (κ2) is 7.56. The van der Waals surface area contributed by atoms with E-state index in [1.54, 1.807) is 73.1 Å². The molecule has 4 amide bonds. The molecule has 0 unspecified atom stereocenters. The molecule has 4 rings (SSSR count). The summed E-state index contributed by atoms with van der Waals surface area (Å²) in [6.07, 6.45) is 3.10. The number of urea groups is 1. The van der Waals surface area contributed by atoms with Crippen molar-refractivity contribution in [1.29, 1.82) is 0 Å². The van der Waals surface area contributed by atoms with Crippen LogP contribution in [0.1, 0.15) is 24.1 Å². The van der Waals surface area contributed by atoms with Crippen molar-refractivity contribution in [3.05, 3.63) is 71.4 Å². The van der Waals surface area contributed by atoms with Gasteiger partial charge >= 0.3 is 12.0 Å². The molecule has 1 atom stereocenters. The number of benzene rings is 2. The number of carboxylic acid groups (broad SMARTS) is 1. The number of imide groups is 2. The van der Waals surface area contributed by atoms with Crippen molar-refractivity contribution in [1.82, 2.24) is 9.88 Å². The number of aliphatic carboxylic acids is 1. The van der Waals surface area contributed by atoms with Crippen molar-refractivity contribution in [3.63, 3.8) is 0 Å². The van der Waals surface area contributed by atoms with Crippen LogP contribution in [0.2, 0.25) is 0 Å². The number of nitrogens with zero attached hydrogens (tertiary/aromatic N) is 2. The summed E-state index contributed by atoms with van der Waals surface area (Å²) in [7, 11) is 0. The van der Waals surface area contributed by atoms with Gasteiger partial charge in [-0.1, -0.05) is 24.3 Å². The van der Waals surface area contributed by atoms with Gasteiger partial charge in [-0.05, 0) is 55.3 Å². The SMILES string of the molecule is Cc1ccccc1N1C(=O)NC(=O)/C(=C\c2ccc3c(ccn3[C@H](C)C(=O)O)c2)C1=O. The lowest BCUT2D eigenvalue weighted by Gasteiger charge is -2.27. The molecule has 1 aromatic heterocycles. The van der Waals surface area contributed by atoms with E-state index in [1.807, 2.05) is 0 Å². The molecule has 0 aliphatic carbocycles. The maximum absolute atomic E-state index is 13.0. The Hall–Kier alpha value is -4.20. The Morgan fingerprint density at radius 2 is 1.84 bits per heavy atom. The van der Waals surface area contributed by atoms with Crippen LogP contribution in [0.5, 0.6) is 0 Å². The summed E-state index contributed by atoms with van der Waals surface area (Å²) in [5, 5.41) is 12.2. The van der Waals surface area contributed by atoms with Crippen molar-refractivity contribution < 1.29 is 24.3 Å². The van der Waals surface area contributed by atoms with E-state index < -0.39 is 29.9 Å². The van der Waals surface area contributed by atoms with Crippen LogP contribution in [0.3, 0.4) is 0 Å². The highest BCUT2D eigenvalue weighted by Gasteiger charge is 2.37. The number of nitrogens with one attached hydrogen (secondary N) is 1. The van der Waals surface area contributed by atoms with Gasteiger partial charge in [-0.2, -0.15) is 0 Å². The fraction of sp³-hybridized carbons (Fsp3) is 0.130. The molecule has 3 aromatic rings. The first-order valence-corrected chi connectivity index (χ1v) is 9.58. The number of barbiturate groups is 1. The Bertz CT molecular complexity index is 1290. The van der Waals surface area contributed by atoms with Crippen molar-refractivity contribution in [2.24, 2.45) is 0 Å². The smallest absolute Gasteiger partial charge is 0.335 e. The molecule has 0 spiro atoms. The highest BCUT2D eigenvalue weighted by molar-refractivity contribution is 6.39. The van der Waals surface area contributed by atoms with Gasteiger partial charge in [0.25, 0.3) is 11.8 Å². The summed E-state index contributed by atoms with van der Waals surface area (Å²) in [6.45, 7) is 3.35. The van der Waals surface area contributed by atoms with Gasteiger partial charge in [0.05, 0.1) is 5.69 Å². The number of carbonyl (C=O) groups excluding carboxylic acids is 3. The van der Waals surface area contributed by atoms with Crippen LogP contribution in [-0.2, 0) is 14.4 Å². The van der Waals surface area contributed by atoms with Crippen molar-refractivity contribution >= 4 is 46.5 Å². The summed E-state index contributed by atoms with van der Waals surface area (Å²) in [5.74, 6) is -2.42. The second-order valence-electron chi connectivity index (χ2n) is 7.30. The molecule has 1 aliphatic rings. The van der Waals surface area contributed by atoms with Gasteiger partial charge in [-0.3, -0.25) is 14.9 Å². The monoisotopic (exact) mass is 417 g/mol. The maximum Gasteiger partial charge on any atom is 0.335 e. The van der Waals surface area contributed by atoms with Gasteiger partial charge in [-0.15, -0.1) is 0 Å². The average Bonchev–Trinajstić information content (AvgIpc) is 3.15. The standard InChI is InChI=1S/C23H19N3O5/c1-13-5-3-4-6-18(13)26-21(28)17(20(27)24-23(26)31)12-15-7-8-19-16(11-15)9-10-25(19)14(2)22(29)30/h3-12,14H,1-2H3,(H,29,30)(H,24,27,31)/b17-12+/t14-/m1/s1. The number of carbonyl (C=O) groups is 4. The third-order valence-corrected chi connectivity index (χ3v) is 5.29. The number of hydrogen-bond donors (Lipinski definition) is 2. The number of anilines is 1. The molecule has 8 heteroatoms. The van der Waals surface area contributed by atoms with Crippen LogP contribution in [-0.4, -0.2) is 33.5 Å². The van der Waals surface area contributed by atoms with E-state index >= 15 is 0 Å². The fourth-order valence-corrected chi connectivity index (χ4v) is 3.59. The molecule has 0 radical (unpaired) electrons. The number of amides is 4. The predicted molar refractivity (Wildman–Crippen MR) is 114 cm³/mol. The van der Waals surface area contributed by atoms with E-state index in [-0.39, 0.29) is 5.57 Å². The first-order valence-electron chi connectivity index (χ1n) is 9.58. The molecule has 156 valence electrons. The molecule has 0 bridgehead atoms. The van der Waals surface area contributed by atoms with Gasteiger partial charge in [0, 0.05) is 17.1 Å². The predicted octanol–water partition coefficient (Wildman–Crippen LogP) is 3.26. The Kier molecular flexibility index (Phi) is 4.90. The first-order chi connectivity index (χ1) is 14.8. The summed E-state index contributed by atoms with van der Waals surface area (Å²) < 4.78 is 1.63. The van der Waals surface area contributed by atoms with Crippen LogP contribution < -0.4 is 10.2 Å². The summed E-state index contributed by atoms with van der Waals surface area (Å²) in [6, 6.07) is 12.3. The van der Waals surface area contributed by atoms with Crippen molar-refractivity contribution in [3.8, 4) is 0 Å². The van der Waals surface area contributed by atoms with Crippen LogP contribution in [0.25, 0.3) is 17.0 Å². The Morgan fingerprint density at radius 3 is 2.55 bits per heavy atom. The van der Waals surface area contributed by atoms with Crippen molar-refractivity contribution in [2.75, 3.05) is 4.90 Å². The lowest BCUT2D eigenvalue weighted by molar-refractivity contribution is -0.140. The normalized spacial score (nSPS) is 16.6. The molecular formula is C23H19N3O5. The third kappa shape index (κ3) is 3.48. The Balaban J connectivity index is 1.73. The van der Waals surface area contributed by atoms with Crippen LogP contribution in [0, 0.1) is 6.92 Å². The molecule has 1 aliphatic heterocycles. The molecule has 1 fully saturated rings. The highest BCUT2D eigenvalue weighted by atomic mass is 16.4. The van der Waals surface area contributed by atoms with E-state index in [2.05, 4.69) is 5.32 Å². The molecule has 8 nitrogen and oxygen atoms in total. The number of fused-ring (bicyclic) bond motifs is 1. The van der Waals surface area contributed by atoms with Crippen LogP contribution in [0.15, 0.2) is 60.3 Å². The van der Waals surface area contributed by atoms with E-state index in [0.29, 0.717) is 16.8 Å². The Labute approximate surface area is 177 Å². The second-order valence-corrected chi connectivity index (χ2v) is 7.30. The summed E-state index contributed by atoms with van der Waals surface area (Å²) >= 11 is 0. The zero-order valence-electron chi connectivity index (χ0n) is 16.8. The van der Waals surface area contributed by atoms with E-state index in [0.717, 1.165) is 15.8 Å². The summed E-state index contributed by atoms with van der Waals surface area (Å²) in [4.78, 5) is 50.0. The number of aromatic nitrogens is 1. The van der Waals surface area contributed by atoms with Gasteiger partial charge in [0.1, 0.15) is 11.6 Å². The first kappa shape index (κ1) is 20.1. The van der Waals surface area contributed by atoms with E-state index in [4.69, 9.17) is 0 Å².